The first-order valence-corrected chi connectivity index (χ1v) is 6.74. The molecule has 0 radical (unpaired) electrons. The number of aliphatic hydroxyl groups is 1. The lowest BCUT2D eigenvalue weighted by Crippen LogP contribution is -2.34. The lowest BCUT2D eigenvalue weighted by Gasteiger charge is -2.25. The van der Waals surface area contributed by atoms with Crippen LogP contribution in [-0.4, -0.2) is 27.6 Å². The summed E-state index contributed by atoms with van der Waals surface area (Å²) in [6, 6.07) is 2.44. The van der Waals surface area contributed by atoms with Crippen LogP contribution in [0, 0.1) is 11.6 Å². The van der Waals surface area contributed by atoms with Crippen LogP contribution in [0.5, 0.6) is 0 Å². The fourth-order valence-corrected chi connectivity index (χ4v) is 2.61. The molecule has 3 rings (SSSR count). The maximum Gasteiger partial charge on any atom is 0.252 e. The van der Waals surface area contributed by atoms with Crippen molar-refractivity contribution in [1.29, 1.82) is 0 Å². The van der Waals surface area contributed by atoms with Gasteiger partial charge in [0.25, 0.3) is 11.7 Å². The number of rotatable bonds is 2. The van der Waals surface area contributed by atoms with E-state index in [0.29, 0.717) is 4.90 Å². The predicted octanol–water partition coefficient (Wildman–Crippen LogP) is 1.66. The summed E-state index contributed by atoms with van der Waals surface area (Å²) in [5, 5.41) is 9.95. The summed E-state index contributed by atoms with van der Waals surface area (Å²) in [5.74, 6) is -5.70. The van der Waals surface area contributed by atoms with Gasteiger partial charge in [0.2, 0.25) is 23.2 Å². The van der Waals surface area contributed by atoms with E-state index in [9.17, 15) is 28.3 Å². The van der Waals surface area contributed by atoms with Gasteiger partial charge in [-0.05, 0) is 25.1 Å². The molecule has 1 unspecified atom stereocenters. The van der Waals surface area contributed by atoms with Gasteiger partial charge in [-0.3, -0.25) is 14.4 Å². The first-order chi connectivity index (χ1) is 10.8. The molecule has 2 aliphatic heterocycles. The summed E-state index contributed by atoms with van der Waals surface area (Å²) in [6.45, 7) is 1.13. The maximum atomic E-state index is 14.0. The van der Waals surface area contributed by atoms with Crippen LogP contribution in [0.25, 0.3) is 0 Å². The van der Waals surface area contributed by atoms with Crippen molar-refractivity contribution in [2.45, 2.75) is 25.4 Å². The van der Waals surface area contributed by atoms with E-state index in [-0.39, 0.29) is 12.8 Å². The first kappa shape index (κ1) is 15.1. The van der Waals surface area contributed by atoms with Gasteiger partial charge in [-0.2, -0.15) is 0 Å². The number of likely N-dealkylation sites (tertiary alicyclic amines) is 1. The summed E-state index contributed by atoms with van der Waals surface area (Å²) in [5.41, 5.74) is -2.52. The Labute approximate surface area is 128 Å². The SMILES string of the molecule is CC1(c2cc(F)ccc2F)OC(N2C(=O)CCC2=O)=C(O)C1=O. The second kappa shape index (κ2) is 4.87. The van der Waals surface area contributed by atoms with Gasteiger partial charge < -0.3 is 9.84 Å². The topological polar surface area (TPSA) is 83.9 Å². The van der Waals surface area contributed by atoms with E-state index in [1.165, 1.54) is 0 Å². The van der Waals surface area contributed by atoms with Gasteiger partial charge in [-0.1, -0.05) is 0 Å². The molecule has 1 aromatic carbocycles. The molecule has 1 N–H and O–H groups in total. The Morgan fingerprint density at radius 3 is 2.39 bits per heavy atom. The second-order valence-corrected chi connectivity index (χ2v) is 5.37. The molecule has 6 nitrogen and oxygen atoms in total. The Morgan fingerprint density at radius 2 is 1.78 bits per heavy atom. The summed E-state index contributed by atoms with van der Waals surface area (Å²) in [6.07, 6.45) is -0.170. The Morgan fingerprint density at radius 1 is 1.17 bits per heavy atom. The molecule has 120 valence electrons. The molecule has 0 aliphatic carbocycles. The van der Waals surface area contributed by atoms with Gasteiger partial charge in [-0.15, -0.1) is 0 Å². The van der Waals surface area contributed by atoms with Crippen LogP contribution in [0.3, 0.4) is 0 Å². The molecule has 0 spiro atoms. The molecular formula is C15H11F2NO5. The van der Waals surface area contributed by atoms with E-state index < -0.39 is 52.0 Å². The highest BCUT2D eigenvalue weighted by Gasteiger charge is 2.53. The smallest absolute Gasteiger partial charge is 0.252 e. The number of benzene rings is 1. The van der Waals surface area contributed by atoms with Crippen molar-refractivity contribution in [3.05, 3.63) is 47.0 Å². The first-order valence-electron chi connectivity index (χ1n) is 6.74. The van der Waals surface area contributed by atoms with Crippen molar-refractivity contribution in [1.82, 2.24) is 4.90 Å². The number of ketones is 1. The third kappa shape index (κ3) is 2.09. The Bertz CT molecular complexity index is 772. The number of hydrogen-bond acceptors (Lipinski definition) is 5. The third-order valence-electron chi connectivity index (χ3n) is 3.85. The predicted molar refractivity (Wildman–Crippen MR) is 70.5 cm³/mol. The molecule has 2 amide bonds. The molecule has 2 aliphatic rings. The molecule has 1 atom stereocenters. The number of ether oxygens (including phenoxy) is 1. The van der Waals surface area contributed by atoms with Crippen LogP contribution in [-0.2, 0) is 24.7 Å². The average Bonchev–Trinajstić information content (AvgIpc) is 2.94. The molecule has 0 bridgehead atoms. The number of Topliss-reactive ketones (excluding diaryl/α,β-unsaturated/α-hetero) is 1. The zero-order chi connectivity index (χ0) is 16.9. The second-order valence-electron chi connectivity index (χ2n) is 5.37. The monoisotopic (exact) mass is 323 g/mol. The van der Waals surface area contributed by atoms with E-state index >= 15 is 0 Å². The fraction of sp³-hybridized carbons (Fsp3) is 0.267. The number of hydrogen-bond donors (Lipinski definition) is 1. The molecule has 1 aromatic rings. The van der Waals surface area contributed by atoms with Crippen molar-refractivity contribution in [2.75, 3.05) is 0 Å². The van der Waals surface area contributed by atoms with Crippen molar-refractivity contribution in [2.24, 2.45) is 0 Å². The van der Waals surface area contributed by atoms with Crippen molar-refractivity contribution in [3.63, 3.8) is 0 Å². The molecule has 23 heavy (non-hydrogen) atoms. The lowest BCUT2D eigenvalue weighted by molar-refractivity contribution is -0.144. The van der Waals surface area contributed by atoms with Crippen LogP contribution in [0.1, 0.15) is 25.3 Å². The molecule has 2 heterocycles. The minimum Gasteiger partial charge on any atom is -0.501 e. The van der Waals surface area contributed by atoms with Crippen LogP contribution in [0.15, 0.2) is 29.8 Å². The number of aliphatic hydroxyl groups excluding tert-OH is 1. The van der Waals surface area contributed by atoms with Gasteiger partial charge in [0, 0.05) is 18.4 Å². The highest BCUT2D eigenvalue weighted by Crippen LogP contribution is 2.41. The number of imide groups is 1. The minimum absolute atomic E-state index is 0.0851. The maximum absolute atomic E-state index is 14.0. The van der Waals surface area contributed by atoms with Gasteiger partial charge in [0.1, 0.15) is 11.6 Å². The Hall–Kier alpha value is -2.77. The van der Waals surface area contributed by atoms with Gasteiger partial charge in [-0.25, -0.2) is 13.7 Å². The number of nitrogens with zero attached hydrogens (tertiary/aromatic N) is 1. The highest BCUT2D eigenvalue weighted by molar-refractivity contribution is 6.08. The molecule has 0 aromatic heterocycles. The summed E-state index contributed by atoms with van der Waals surface area (Å²) in [4.78, 5) is 36.3. The standard InChI is InChI=1S/C15H11F2NO5/c1-15(8-6-7(16)2-3-9(8)17)13(22)12(21)14(23-15)18-10(19)4-5-11(18)20/h2-3,6,21H,4-5H2,1H3. The molecular weight excluding hydrogens is 312 g/mol. The summed E-state index contributed by atoms with van der Waals surface area (Å²) in [7, 11) is 0. The molecule has 1 fully saturated rings. The normalized spacial score (nSPS) is 24.7. The zero-order valence-corrected chi connectivity index (χ0v) is 11.9. The molecule has 0 saturated carbocycles. The lowest BCUT2D eigenvalue weighted by atomic mass is 9.91. The van der Waals surface area contributed by atoms with Crippen molar-refractivity contribution in [3.8, 4) is 0 Å². The summed E-state index contributed by atoms with van der Waals surface area (Å²) < 4.78 is 32.6. The zero-order valence-electron chi connectivity index (χ0n) is 11.9. The van der Waals surface area contributed by atoms with E-state index in [2.05, 4.69) is 0 Å². The summed E-state index contributed by atoms with van der Waals surface area (Å²) >= 11 is 0. The van der Waals surface area contributed by atoms with E-state index in [1.807, 2.05) is 0 Å². The van der Waals surface area contributed by atoms with Crippen LogP contribution < -0.4 is 0 Å². The number of halogens is 2. The third-order valence-corrected chi connectivity index (χ3v) is 3.85. The quantitative estimate of drug-likeness (QED) is 0.837. The van der Waals surface area contributed by atoms with Crippen LogP contribution in [0.2, 0.25) is 0 Å². The van der Waals surface area contributed by atoms with Crippen LogP contribution >= 0.6 is 0 Å². The number of carbonyl (C=O) groups is 3. The average molecular weight is 323 g/mol. The molecule has 1 saturated heterocycles. The van der Waals surface area contributed by atoms with Gasteiger partial charge in [0.15, 0.2) is 0 Å². The number of carbonyl (C=O) groups excluding carboxylic acids is 3. The van der Waals surface area contributed by atoms with Gasteiger partial charge >= 0.3 is 0 Å². The minimum atomic E-state index is -2.07. The van der Waals surface area contributed by atoms with E-state index in [0.717, 1.165) is 25.1 Å². The fourth-order valence-electron chi connectivity index (χ4n) is 2.61. The van der Waals surface area contributed by atoms with Crippen molar-refractivity contribution >= 4 is 17.6 Å². The van der Waals surface area contributed by atoms with E-state index in [4.69, 9.17) is 4.74 Å². The van der Waals surface area contributed by atoms with Crippen molar-refractivity contribution < 1.29 is 33.0 Å². The largest absolute Gasteiger partial charge is 0.501 e. The van der Waals surface area contributed by atoms with Crippen LogP contribution in [0.4, 0.5) is 8.78 Å². The Balaban J connectivity index is 2.06. The number of amides is 2. The highest BCUT2D eigenvalue weighted by atomic mass is 19.1. The van der Waals surface area contributed by atoms with E-state index in [1.54, 1.807) is 0 Å². The molecule has 8 heteroatoms. The Kier molecular flexibility index (Phi) is 3.20. The van der Waals surface area contributed by atoms with Gasteiger partial charge in [0.05, 0.1) is 0 Å².